The van der Waals surface area contributed by atoms with E-state index in [0.29, 0.717) is 6.20 Å². The van der Waals surface area contributed by atoms with Crippen LogP contribution in [-0.4, -0.2) is 20.1 Å². The first-order chi connectivity index (χ1) is 16.4. The fourth-order valence-corrected chi connectivity index (χ4v) is 3.61. The van der Waals surface area contributed by atoms with Crippen molar-refractivity contribution < 1.29 is 31.2 Å². The third-order valence-corrected chi connectivity index (χ3v) is 5.34. The number of rotatable bonds is 4. The van der Waals surface area contributed by atoms with Crippen molar-refractivity contribution in [2.24, 2.45) is 0 Å². The Kier molecular flexibility index (Phi) is 5.91. The molecule has 0 spiro atoms. The summed E-state index contributed by atoms with van der Waals surface area (Å²) in [6.07, 6.45) is -4.18. The predicted molar refractivity (Wildman–Crippen MR) is 114 cm³/mol. The lowest BCUT2D eigenvalue weighted by Crippen LogP contribution is -2.13. The van der Waals surface area contributed by atoms with Crippen LogP contribution in [0.1, 0.15) is 28.3 Å². The van der Waals surface area contributed by atoms with Crippen LogP contribution in [0.3, 0.4) is 0 Å². The van der Waals surface area contributed by atoms with E-state index in [-0.39, 0.29) is 57.0 Å². The van der Waals surface area contributed by atoms with Gasteiger partial charge < -0.3 is 14.2 Å². The van der Waals surface area contributed by atoms with Crippen LogP contribution in [-0.2, 0) is 6.18 Å². The predicted octanol–water partition coefficient (Wildman–Crippen LogP) is 5.81. The van der Waals surface area contributed by atoms with Gasteiger partial charge >= 0.3 is 6.18 Å². The maximum Gasteiger partial charge on any atom is 0.418 e. The molecule has 4 rings (SSSR count). The molecule has 0 saturated carbocycles. The van der Waals surface area contributed by atoms with Crippen molar-refractivity contribution >= 4 is 0 Å². The third-order valence-electron chi connectivity index (χ3n) is 5.34. The number of nitrogens with zero attached hydrogens (tertiary/aromatic N) is 3. The summed E-state index contributed by atoms with van der Waals surface area (Å²) >= 11 is 0. The van der Waals surface area contributed by atoms with E-state index >= 15 is 0 Å². The lowest BCUT2D eigenvalue weighted by Gasteiger charge is -2.18. The van der Waals surface area contributed by atoms with E-state index in [1.54, 1.807) is 0 Å². The van der Waals surface area contributed by atoms with Crippen LogP contribution in [0.2, 0.25) is 0 Å². The molecule has 12 heteroatoms. The van der Waals surface area contributed by atoms with E-state index in [9.17, 15) is 26.7 Å². The van der Waals surface area contributed by atoms with Crippen LogP contribution in [0, 0.1) is 39.3 Å². The molecule has 0 radical (unpaired) electrons. The number of aromatic amines is 1. The first-order valence-electron chi connectivity index (χ1n) is 10.1. The molecule has 0 aliphatic heterocycles. The van der Waals surface area contributed by atoms with Gasteiger partial charge in [-0.25, -0.2) is 13.8 Å². The van der Waals surface area contributed by atoms with Gasteiger partial charge in [-0.3, -0.25) is 4.79 Å². The van der Waals surface area contributed by atoms with Gasteiger partial charge in [0.15, 0.2) is 17.1 Å². The monoisotopic (exact) mass is 492 g/mol. The van der Waals surface area contributed by atoms with Gasteiger partial charge in [-0.1, -0.05) is 5.16 Å². The number of ether oxygens (including phenoxy) is 1. The van der Waals surface area contributed by atoms with Gasteiger partial charge in [0.05, 0.1) is 22.4 Å². The molecule has 0 unspecified atom stereocenters. The average molecular weight is 492 g/mol. The molecule has 3 heterocycles. The van der Waals surface area contributed by atoms with Gasteiger partial charge in [-0.05, 0) is 38.5 Å². The van der Waals surface area contributed by atoms with Crippen molar-refractivity contribution in [2.75, 3.05) is 0 Å². The second-order valence-corrected chi connectivity index (χ2v) is 7.75. The van der Waals surface area contributed by atoms with E-state index < -0.39 is 28.8 Å². The molecule has 182 valence electrons. The van der Waals surface area contributed by atoms with Crippen LogP contribution < -0.4 is 10.2 Å². The number of hydrogen-bond donors (Lipinski definition) is 1. The van der Waals surface area contributed by atoms with Gasteiger partial charge in [0.25, 0.3) is 0 Å². The van der Waals surface area contributed by atoms with Crippen molar-refractivity contribution in [3.05, 3.63) is 74.5 Å². The lowest BCUT2D eigenvalue weighted by atomic mass is 10.0. The van der Waals surface area contributed by atoms with Crippen LogP contribution >= 0.6 is 0 Å². The maximum atomic E-state index is 14.0. The molecule has 0 saturated heterocycles. The first kappa shape index (κ1) is 24.0. The molecule has 3 aromatic heterocycles. The molecule has 0 aliphatic carbocycles. The fourth-order valence-electron chi connectivity index (χ4n) is 3.61. The number of halogens is 5. The highest BCUT2D eigenvalue weighted by molar-refractivity contribution is 5.73. The summed E-state index contributed by atoms with van der Waals surface area (Å²) in [5.41, 5.74) is -2.05. The zero-order chi connectivity index (χ0) is 25.7. The van der Waals surface area contributed by atoms with Gasteiger partial charge in [0.2, 0.25) is 17.6 Å². The fraction of sp³-hybridized carbons (Fsp3) is 0.217. The van der Waals surface area contributed by atoms with Gasteiger partial charge in [-0.15, -0.1) is 0 Å². The molecule has 1 aromatic carbocycles. The van der Waals surface area contributed by atoms with Crippen LogP contribution in [0.15, 0.2) is 33.7 Å². The van der Waals surface area contributed by atoms with Crippen LogP contribution in [0.4, 0.5) is 22.0 Å². The van der Waals surface area contributed by atoms with Crippen LogP contribution in [0.25, 0.3) is 22.6 Å². The normalized spacial score (nSPS) is 11.7. The minimum atomic E-state index is -4.75. The number of nitrogens with one attached hydrogen (secondary N) is 1. The molecule has 0 atom stereocenters. The van der Waals surface area contributed by atoms with Crippen molar-refractivity contribution in [3.8, 4) is 34.3 Å². The van der Waals surface area contributed by atoms with E-state index in [0.717, 1.165) is 18.2 Å². The highest BCUT2D eigenvalue weighted by atomic mass is 19.4. The number of aromatic nitrogens is 4. The van der Waals surface area contributed by atoms with Crippen LogP contribution in [0.5, 0.6) is 11.6 Å². The van der Waals surface area contributed by atoms with E-state index in [1.165, 1.54) is 27.7 Å². The summed E-state index contributed by atoms with van der Waals surface area (Å²) in [5, 5.41) is 3.71. The first-order valence-corrected chi connectivity index (χ1v) is 10.1. The van der Waals surface area contributed by atoms with Gasteiger partial charge in [-0.2, -0.15) is 18.2 Å². The Bertz CT molecular complexity index is 1510. The Hall–Kier alpha value is -4.09. The van der Waals surface area contributed by atoms with Crippen molar-refractivity contribution in [2.45, 2.75) is 33.9 Å². The summed E-state index contributed by atoms with van der Waals surface area (Å²) in [6.45, 7) is 5.49. The molecule has 35 heavy (non-hydrogen) atoms. The number of aryl methyl sites for hydroxylation is 2. The number of pyridine rings is 2. The summed E-state index contributed by atoms with van der Waals surface area (Å²) in [4.78, 5) is 23.6. The number of alkyl halides is 3. The highest BCUT2D eigenvalue weighted by Gasteiger charge is 2.35. The molecule has 0 amide bonds. The van der Waals surface area contributed by atoms with Crippen molar-refractivity contribution in [3.63, 3.8) is 0 Å². The minimum absolute atomic E-state index is 0.0144. The average Bonchev–Trinajstić information content (AvgIpc) is 3.18. The Balaban J connectivity index is 1.93. The van der Waals surface area contributed by atoms with Gasteiger partial charge in [0, 0.05) is 30.4 Å². The molecular formula is C23H17F5N4O3. The Morgan fingerprint density at radius 1 is 1.03 bits per heavy atom. The zero-order valence-corrected chi connectivity index (χ0v) is 18.8. The standard InChI is InChI=1S/C23H17F5N4O3/c1-9-13(23(26,27)28)8-29-22(34-17-6-5-14(24)20(25)10(17)2)18(9)15-7-16(33)19(11(3)30-15)21-31-12(4)35-32-21/h5-8H,1-4H3,(H,30,33). The second kappa shape index (κ2) is 8.60. The topological polar surface area (TPSA) is 93.9 Å². The molecule has 1 N–H and O–H groups in total. The van der Waals surface area contributed by atoms with E-state index in [1.807, 2.05) is 0 Å². The lowest BCUT2D eigenvalue weighted by molar-refractivity contribution is -0.138. The van der Waals surface area contributed by atoms with Gasteiger partial charge in [0.1, 0.15) is 5.75 Å². The minimum Gasteiger partial charge on any atom is -0.438 e. The van der Waals surface area contributed by atoms with Crippen molar-refractivity contribution in [1.29, 1.82) is 0 Å². The van der Waals surface area contributed by atoms with E-state index in [4.69, 9.17) is 9.26 Å². The smallest absolute Gasteiger partial charge is 0.418 e. The maximum absolute atomic E-state index is 14.0. The quantitative estimate of drug-likeness (QED) is 0.362. The van der Waals surface area contributed by atoms with E-state index in [2.05, 4.69) is 20.1 Å². The third kappa shape index (κ3) is 4.38. The second-order valence-electron chi connectivity index (χ2n) is 7.75. The Labute approximate surface area is 194 Å². The molecule has 7 nitrogen and oxygen atoms in total. The summed E-state index contributed by atoms with van der Waals surface area (Å²) in [6, 6.07) is 3.01. The Morgan fingerprint density at radius 3 is 2.34 bits per heavy atom. The number of H-pyrrole nitrogens is 1. The summed E-state index contributed by atoms with van der Waals surface area (Å²) in [5.74, 6) is -2.55. The largest absolute Gasteiger partial charge is 0.438 e. The molecular weight excluding hydrogens is 475 g/mol. The highest BCUT2D eigenvalue weighted by Crippen LogP contribution is 2.41. The summed E-state index contributed by atoms with van der Waals surface area (Å²) < 4.78 is 79.0. The molecule has 0 bridgehead atoms. The zero-order valence-electron chi connectivity index (χ0n) is 18.8. The molecule has 4 aromatic rings. The number of hydrogen-bond acceptors (Lipinski definition) is 6. The summed E-state index contributed by atoms with van der Waals surface area (Å²) in [7, 11) is 0. The molecule has 0 fully saturated rings. The SMILES string of the molecule is Cc1nc(-c2c(C)[nH]c(-c3c(Oc4ccc(F)c(F)c4C)ncc(C(F)(F)F)c3C)cc2=O)no1. The molecule has 0 aliphatic rings. The van der Waals surface area contributed by atoms with Crippen molar-refractivity contribution in [1.82, 2.24) is 20.1 Å². The Morgan fingerprint density at radius 2 is 1.74 bits per heavy atom. The number of benzene rings is 1.